The molecule has 2 N–H and O–H groups in total. The van der Waals surface area contributed by atoms with E-state index in [0.717, 1.165) is 0 Å². The Labute approximate surface area is 48.8 Å². The molecule has 9 heavy (non-hydrogen) atoms. The van der Waals surface area contributed by atoms with Gasteiger partial charge >= 0.3 is 6.09 Å². The summed E-state index contributed by atoms with van der Waals surface area (Å²) in [5, 5.41) is 15.8. The van der Waals surface area contributed by atoms with Gasteiger partial charge in [-0.1, -0.05) is 0 Å². The van der Waals surface area contributed by atoms with Crippen LogP contribution >= 0.6 is 0 Å². The number of nitrogens with one attached hydrogen (secondary N) is 1. The van der Waals surface area contributed by atoms with E-state index in [1.54, 1.807) is 0 Å². The van der Waals surface area contributed by atoms with E-state index in [1.807, 2.05) is 0 Å². The summed E-state index contributed by atoms with van der Waals surface area (Å²) in [6.07, 6.45) is -1.37. The van der Waals surface area contributed by atoms with E-state index in [-0.39, 0.29) is 0 Å². The Morgan fingerprint density at radius 2 is 2.44 bits per heavy atom. The van der Waals surface area contributed by atoms with Crippen molar-refractivity contribution in [3.8, 4) is 0 Å². The molecule has 1 amide bonds. The minimum absolute atomic E-state index is 1.37. The Kier molecular flexibility index (Phi) is 3.46. The Hall–Kier alpha value is -1.82. The fraction of sp³-hybridized carbons (Fsp3) is 0. The zero-order valence-corrected chi connectivity index (χ0v) is 4.09. The normalized spacial score (nSPS) is 8.44. The van der Waals surface area contributed by atoms with Gasteiger partial charge in [0.25, 0.3) is 0 Å². The van der Waals surface area contributed by atoms with Crippen molar-refractivity contribution >= 4 is 6.09 Å². The van der Waals surface area contributed by atoms with Gasteiger partial charge in [-0.05, 0) is 0 Å². The van der Waals surface area contributed by atoms with Gasteiger partial charge in [0.05, 0.1) is 10.4 Å². The van der Waals surface area contributed by atoms with E-state index < -0.39 is 6.09 Å². The maximum atomic E-state index is 9.56. The molecule has 0 aromatic carbocycles. The Bertz CT molecular complexity index is 166. The second kappa shape index (κ2) is 4.34. The molecule has 0 aliphatic carbocycles. The number of carboxylic acid groups (broad SMARTS) is 1. The first-order valence-corrected chi connectivity index (χ1v) is 1.70. The molecule has 0 spiro atoms. The van der Waals surface area contributed by atoms with E-state index in [2.05, 4.69) is 20.6 Å². The fourth-order valence-electron chi connectivity index (χ4n) is 0.103. The number of hydrogen-bond donors (Lipinski definition) is 2. The fourth-order valence-corrected chi connectivity index (χ4v) is 0.103. The number of amides is 1. The standard InChI is InChI=1S/CH2N6O2/c2-4-6-7-5-3-1(8)9/h(H,3,7)(H,8,9). The molecule has 0 atom stereocenters. The molecule has 0 bridgehead atoms. The number of nitrogens with zero attached hydrogens (tertiary/aromatic N) is 5. The van der Waals surface area contributed by atoms with Crippen molar-refractivity contribution in [2.75, 3.05) is 0 Å². The van der Waals surface area contributed by atoms with Crippen molar-refractivity contribution < 1.29 is 9.90 Å². The summed E-state index contributed by atoms with van der Waals surface area (Å²) in [5.74, 6) is 0. The largest absolute Gasteiger partial charge is 0.464 e. The zero-order chi connectivity index (χ0) is 7.11. The summed E-state index contributed by atoms with van der Waals surface area (Å²) in [6, 6.07) is 0. The second-order valence-electron chi connectivity index (χ2n) is 0.785. The number of hydrogen-bond acceptors (Lipinski definition) is 2. The molecule has 8 heteroatoms. The number of carbonyl (C=O) groups is 1. The highest BCUT2D eigenvalue weighted by Gasteiger charge is 1.87. The molecule has 0 radical (unpaired) electrons. The van der Waals surface area contributed by atoms with Gasteiger partial charge in [0, 0.05) is 0 Å². The van der Waals surface area contributed by atoms with Gasteiger partial charge < -0.3 is 5.11 Å². The van der Waals surface area contributed by atoms with E-state index >= 15 is 0 Å². The van der Waals surface area contributed by atoms with Crippen LogP contribution in [0.3, 0.4) is 0 Å². The van der Waals surface area contributed by atoms with Crippen molar-refractivity contribution in [1.82, 2.24) is 5.43 Å². The lowest BCUT2D eigenvalue weighted by molar-refractivity contribution is 0.194. The molecule has 0 heterocycles. The molecular weight excluding hydrogens is 128 g/mol. The van der Waals surface area contributed by atoms with Crippen LogP contribution in [-0.4, -0.2) is 11.2 Å². The predicted molar refractivity (Wildman–Crippen MR) is 25.2 cm³/mol. The van der Waals surface area contributed by atoms with Crippen LogP contribution in [0, 0.1) is 0 Å². The van der Waals surface area contributed by atoms with Crippen molar-refractivity contribution in [2.45, 2.75) is 0 Å². The van der Waals surface area contributed by atoms with Crippen LogP contribution in [-0.2, 0) is 0 Å². The highest BCUT2D eigenvalue weighted by molar-refractivity contribution is 5.63. The van der Waals surface area contributed by atoms with Crippen molar-refractivity contribution in [1.29, 1.82) is 0 Å². The Morgan fingerprint density at radius 3 is 2.89 bits per heavy atom. The maximum Gasteiger partial charge on any atom is 0.428 e. The minimum atomic E-state index is -1.37. The van der Waals surface area contributed by atoms with Gasteiger partial charge in [-0.3, -0.25) is 0 Å². The molecule has 0 saturated carbocycles. The molecule has 0 aromatic rings. The van der Waals surface area contributed by atoms with Gasteiger partial charge in [-0.25, -0.2) is 4.79 Å². The highest BCUT2D eigenvalue weighted by Crippen LogP contribution is 1.71. The molecular formula is CH2N6O2. The third-order valence-electron chi connectivity index (χ3n) is 0.270. The van der Waals surface area contributed by atoms with E-state index in [4.69, 9.17) is 10.6 Å². The SMILES string of the molecule is [N-]=[N+]=NN=NNC(=O)O. The molecule has 0 aromatic heterocycles. The third kappa shape index (κ3) is 6.18. The predicted octanol–water partition coefficient (Wildman–Crippen LogP) is 0.847. The first-order valence-electron chi connectivity index (χ1n) is 1.70. The zero-order valence-electron chi connectivity index (χ0n) is 4.09. The quantitative estimate of drug-likeness (QED) is 0.249. The van der Waals surface area contributed by atoms with Gasteiger partial charge in [0.15, 0.2) is 0 Å². The summed E-state index contributed by atoms with van der Waals surface area (Å²) in [4.78, 5) is 11.7. The molecule has 0 aliphatic rings. The second-order valence-corrected chi connectivity index (χ2v) is 0.785. The van der Waals surface area contributed by atoms with Crippen LogP contribution in [0.15, 0.2) is 15.7 Å². The van der Waals surface area contributed by atoms with Gasteiger partial charge in [-0.15, -0.1) is 5.53 Å². The van der Waals surface area contributed by atoms with Crippen LogP contribution in [0.5, 0.6) is 0 Å². The van der Waals surface area contributed by atoms with Crippen LogP contribution in [0.4, 0.5) is 4.79 Å². The summed E-state index contributed by atoms with van der Waals surface area (Å²) >= 11 is 0. The molecule has 0 fully saturated rings. The summed E-state index contributed by atoms with van der Waals surface area (Å²) in [7, 11) is 0. The summed E-state index contributed by atoms with van der Waals surface area (Å²) in [5.41, 5.74) is 9.05. The Balaban J connectivity index is 3.48. The average Bonchev–Trinajstić information content (AvgIpc) is 1.80. The molecule has 0 saturated heterocycles. The van der Waals surface area contributed by atoms with E-state index in [1.165, 1.54) is 5.43 Å². The van der Waals surface area contributed by atoms with E-state index in [9.17, 15) is 4.79 Å². The van der Waals surface area contributed by atoms with Gasteiger partial charge in [0.1, 0.15) is 5.22 Å². The Morgan fingerprint density at radius 1 is 1.78 bits per heavy atom. The topological polar surface area (TPSA) is 123 Å². The first-order chi connectivity index (χ1) is 4.27. The minimum Gasteiger partial charge on any atom is -0.464 e. The number of azide groups is 1. The van der Waals surface area contributed by atoms with Crippen molar-refractivity contribution in [3.63, 3.8) is 0 Å². The monoisotopic (exact) mass is 130 g/mol. The molecule has 0 rings (SSSR count). The van der Waals surface area contributed by atoms with Crippen LogP contribution in [0.2, 0.25) is 0 Å². The summed E-state index contributed by atoms with van der Waals surface area (Å²) in [6.45, 7) is 0. The summed E-state index contributed by atoms with van der Waals surface area (Å²) < 4.78 is 0. The van der Waals surface area contributed by atoms with Crippen LogP contribution in [0.1, 0.15) is 0 Å². The highest BCUT2D eigenvalue weighted by atomic mass is 16.4. The van der Waals surface area contributed by atoms with Crippen molar-refractivity contribution in [3.05, 3.63) is 10.4 Å². The lowest BCUT2D eigenvalue weighted by Gasteiger charge is -1.77. The maximum absolute atomic E-state index is 9.56. The van der Waals surface area contributed by atoms with Gasteiger partial charge in [0.2, 0.25) is 0 Å². The van der Waals surface area contributed by atoms with E-state index in [0.29, 0.717) is 0 Å². The third-order valence-corrected chi connectivity index (χ3v) is 0.270. The number of rotatable bonds is 2. The van der Waals surface area contributed by atoms with Crippen LogP contribution < -0.4 is 5.43 Å². The average molecular weight is 130 g/mol. The van der Waals surface area contributed by atoms with Crippen molar-refractivity contribution in [2.24, 2.45) is 15.7 Å². The smallest absolute Gasteiger partial charge is 0.428 e. The molecule has 0 unspecified atom stereocenters. The molecule has 0 aliphatic heterocycles. The lowest BCUT2D eigenvalue weighted by atomic mass is 11.3. The lowest BCUT2D eigenvalue weighted by Crippen LogP contribution is -2.11. The molecule has 48 valence electrons. The molecule has 8 nitrogen and oxygen atoms in total. The van der Waals surface area contributed by atoms with Gasteiger partial charge in [-0.2, -0.15) is 10.3 Å². The first kappa shape index (κ1) is 7.18. The van der Waals surface area contributed by atoms with Crippen LogP contribution in [0.25, 0.3) is 10.4 Å².